The van der Waals surface area contributed by atoms with E-state index in [9.17, 15) is 9.90 Å². The number of carboxylic acid groups (broad SMARTS) is 1. The van der Waals surface area contributed by atoms with Crippen LogP contribution in [-0.4, -0.2) is 29.1 Å². The number of fused-ring (bicyclic) bond motifs is 1. The molecule has 2 fully saturated rings. The second kappa shape index (κ2) is 6.17. The topological polar surface area (TPSA) is 40.5 Å². The fraction of sp³-hybridized carbons (Fsp3) is 0.421. The second-order valence-electron chi connectivity index (χ2n) is 7.00. The van der Waals surface area contributed by atoms with Crippen molar-refractivity contribution in [2.45, 2.75) is 25.8 Å². The second-order valence-corrected chi connectivity index (χ2v) is 8.60. The molecule has 0 bridgehead atoms. The number of carbonyl (C=O) groups is 1. The Hall–Kier alpha value is -1.36. The van der Waals surface area contributed by atoms with Crippen LogP contribution >= 0.6 is 22.9 Å². The quantitative estimate of drug-likeness (QED) is 0.853. The minimum atomic E-state index is -0.599. The summed E-state index contributed by atoms with van der Waals surface area (Å²) in [7, 11) is 0. The predicted molar refractivity (Wildman–Crippen MR) is 97.5 cm³/mol. The van der Waals surface area contributed by atoms with E-state index in [0.717, 1.165) is 42.9 Å². The smallest absolute Gasteiger partial charge is 0.311 e. The largest absolute Gasteiger partial charge is 0.481 e. The fourth-order valence-electron chi connectivity index (χ4n) is 4.34. The van der Waals surface area contributed by atoms with Crippen LogP contribution in [0.4, 0.5) is 0 Å². The van der Waals surface area contributed by atoms with Crippen LogP contribution in [0.2, 0.25) is 5.02 Å². The Morgan fingerprint density at radius 1 is 1.38 bits per heavy atom. The highest BCUT2D eigenvalue weighted by Crippen LogP contribution is 2.49. The summed E-state index contributed by atoms with van der Waals surface area (Å²) in [5.74, 6) is -0.277. The van der Waals surface area contributed by atoms with Crippen molar-refractivity contribution >= 4 is 28.9 Å². The van der Waals surface area contributed by atoms with Crippen molar-refractivity contribution in [3.63, 3.8) is 0 Å². The van der Waals surface area contributed by atoms with E-state index in [4.69, 9.17) is 11.6 Å². The highest BCUT2D eigenvalue weighted by molar-refractivity contribution is 7.15. The molecule has 2 aliphatic rings. The fourth-order valence-corrected chi connectivity index (χ4v) is 5.58. The van der Waals surface area contributed by atoms with Gasteiger partial charge in [0, 0.05) is 34.4 Å². The van der Waals surface area contributed by atoms with Crippen molar-refractivity contribution in [2.24, 2.45) is 11.3 Å². The van der Waals surface area contributed by atoms with E-state index in [1.54, 1.807) is 11.3 Å². The van der Waals surface area contributed by atoms with Gasteiger partial charge in [0.2, 0.25) is 0 Å². The molecule has 1 saturated carbocycles. The summed E-state index contributed by atoms with van der Waals surface area (Å²) in [6, 6.07) is 12.2. The van der Waals surface area contributed by atoms with Crippen molar-refractivity contribution in [3.05, 3.63) is 46.3 Å². The first-order chi connectivity index (χ1) is 11.6. The molecule has 0 radical (unpaired) electrons. The Morgan fingerprint density at radius 2 is 2.25 bits per heavy atom. The first-order valence-electron chi connectivity index (χ1n) is 8.37. The number of halogens is 1. The number of benzene rings is 1. The summed E-state index contributed by atoms with van der Waals surface area (Å²) in [6.07, 6.45) is 2.95. The molecule has 0 unspecified atom stereocenters. The van der Waals surface area contributed by atoms with Crippen LogP contribution < -0.4 is 0 Å². The number of carboxylic acids is 1. The SMILES string of the molecule is O=C(O)[C@@]12CCC[C@H]1CN(Cc1ccc(-c3cccc(Cl)c3)s1)C2. The molecule has 1 saturated heterocycles. The van der Waals surface area contributed by atoms with Gasteiger partial charge in [0.05, 0.1) is 5.41 Å². The monoisotopic (exact) mass is 361 g/mol. The Kier molecular flexibility index (Phi) is 4.15. The lowest BCUT2D eigenvalue weighted by molar-refractivity contribution is -0.149. The number of hydrogen-bond acceptors (Lipinski definition) is 3. The van der Waals surface area contributed by atoms with E-state index < -0.39 is 11.4 Å². The van der Waals surface area contributed by atoms with Gasteiger partial charge in [0.25, 0.3) is 0 Å². The van der Waals surface area contributed by atoms with E-state index in [2.05, 4.69) is 23.1 Å². The molecule has 126 valence electrons. The minimum absolute atomic E-state index is 0.322. The Balaban J connectivity index is 1.48. The van der Waals surface area contributed by atoms with E-state index in [1.165, 1.54) is 9.75 Å². The Morgan fingerprint density at radius 3 is 3.00 bits per heavy atom. The normalized spacial score (nSPS) is 26.6. The first kappa shape index (κ1) is 16.1. The van der Waals surface area contributed by atoms with E-state index in [-0.39, 0.29) is 0 Å². The van der Waals surface area contributed by atoms with Crippen molar-refractivity contribution < 1.29 is 9.90 Å². The van der Waals surface area contributed by atoms with Gasteiger partial charge in [-0.25, -0.2) is 0 Å². The predicted octanol–water partition coefficient (Wildman–Crippen LogP) is 4.76. The maximum atomic E-state index is 11.8. The molecule has 0 amide bonds. The van der Waals surface area contributed by atoms with Gasteiger partial charge >= 0.3 is 5.97 Å². The molecule has 1 aliphatic carbocycles. The molecule has 1 N–H and O–H groups in total. The van der Waals surface area contributed by atoms with Gasteiger partial charge < -0.3 is 5.11 Å². The lowest BCUT2D eigenvalue weighted by atomic mass is 9.81. The van der Waals surface area contributed by atoms with Crippen molar-refractivity contribution in [2.75, 3.05) is 13.1 Å². The molecule has 1 aromatic carbocycles. The average molecular weight is 362 g/mol. The summed E-state index contributed by atoms with van der Waals surface area (Å²) in [5.41, 5.74) is 0.645. The van der Waals surface area contributed by atoms with Crippen LogP contribution in [0.1, 0.15) is 24.1 Å². The van der Waals surface area contributed by atoms with E-state index in [1.807, 2.05) is 18.2 Å². The number of aliphatic carboxylic acids is 1. The van der Waals surface area contributed by atoms with Crippen LogP contribution in [-0.2, 0) is 11.3 Å². The van der Waals surface area contributed by atoms with Crippen LogP contribution in [0.5, 0.6) is 0 Å². The van der Waals surface area contributed by atoms with Gasteiger partial charge in [-0.2, -0.15) is 0 Å². The molecule has 1 aliphatic heterocycles. The highest BCUT2D eigenvalue weighted by Gasteiger charge is 2.54. The molecule has 0 spiro atoms. The third-order valence-electron chi connectivity index (χ3n) is 5.52. The zero-order chi connectivity index (χ0) is 16.7. The number of nitrogens with zero attached hydrogens (tertiary/aromatic N) is 1. The lowest BCUT2D eigenvalue weighted by Gasteiger charge is -2.23. The van der Waals surface area contributed by atoms with E-state index >= 15 is 0 Å². The zero-order valence-corrected chi connectivity index (χ0v) is 14.9. The summed E-state index contributed by atoms with van der Waals surface area (Å²) in [5, 5.41) is 10.4. The summed E-state index contributed by atoms with van der Waals surface area (Å²) in [4.78, 5) is 16.6. The van der Waals surface area contributed by atoms with Crippen molar-refractivity contribution in [1.29, 1.82) is 0 Å². The van der Waals surface area contributed by atoms with Crippen molar-refractivity contribution in [1.82, 2.24) is 4.90 Å². The molecular formula is C19H20ClNO2S. The summed E-state index contributed by atoms with van der Waals surface area (Å²) >= 11 is 7.85. The molecule has 5 heteroatoms. The number of thiophene rings is 1. The summed E-state index contributed by atoms with van der Waals surface area (Å²) < 4.78 is 0. The molecule has 3 nitrogen and oxygen atoms in total. The third-order valence-corrected chi connectivity index (χ3v) is 6.87. The Labute approximate surface area is 150 Å². The van der Waals surface area contributed by atoms with E-state index in [0.29, 0.717) is 12.5 Å². The minimum Gasteiger partial charge on any atom is -0.481 e. The van der Waals surface area contributed by atoms with Crippen LogP contribution in [0.3, 0.4) is 0 Å². The van der Waals surface area contributed by atoms with Gasteiger partial charge in [0.1, 0.15) is 0 Å². The number of rotatable bonds is 4. The molecule has 24 heavy (non-hydrogen) atoms. The maximum Gasteiger partial charge on any atom is 0.311 e. The molecule has 2 heterocycles. The van der Waals surface area contributed by atoms with Gasteiger partial charge in [-0.1, -0.05) is 30.2 Å². The molecular weight excluding hydrogens is 342 g/mol. The lowest BCUT2D eigenvalue weighted by Crippen LogP contribution is -2.35. The highest BCUT2D eigenvalue weighted by atomic mass is 35.5. The average Bonchev–Trinajstić information content (AvgIpc) is 3.21. The Bertz CT molecular complexity index is 774. The van der Waals surface area contributed by atoms with Gasteiger partial charge in [-0.15, -0.1) is 11.3 Å². The van der Waals surface area contributed by atoms with Crippen molar-refractivity contribution in [3.8, 4) is 10.4 Å². The van der Waals surface area contributed by atoms with Gasteiger partial charge in [0.15, 0.2) is 0 Å². The first-order valence-corrected chi connectivity index (χ1v) is 9.57. The maximum absolute atomic E-state index is 11.8. The molecule has 2 atom stereocenters. The molecule has 4 rings (SSSR count). The molecule has 1 aromatic heterocycles. The van der Waals surface area contributed by atoms with Crippen LogP contribution in [0.15, 0.2) is 36.4 Å². The zero-order valence-electron chi connectivity index (χ0n) is 13.4. The van der Waals surface area contributed by atoms with Crippen LogP contribution in [0, 0.1) is 11.3 Å². The standard InChI is InChI=1S/C19H20ClNO2S/c20-15-5-1-3-13(9-15)17-7-6-16(24-17)11-21-10-14-4-2-8-19(14,12-21)18(22)23/h1,3,5-7,9,14H,2,4,8,10-12H2,(H,22,23)/t14-,19+/m0/s1. The number of hydrogen-bond donors (Lipinski definition) is 1. The van der Waals surface area contributed by atoms with Gasteiger partial charge in [-0.3, -0.25) is 9.69 Å². The van der Waals surface area contributed by atoms with Crippen LogP contribution in [0.25, 0.3) is 10.4 Å². The third kappa shape index (κ3) is 2.77. The van der Waals surface area contributed by atoms with Gasteiger partial charge in [-0.05, 0) is 48.6 Å². The summed E-state index contributed by atoms with van der Waals surface area (Å²) in [6.45, 7) is 2.45. The number of likely N-dealkylation sites (tertiary alicyclic amines) is 1. The molecule has 2 aromatic rings.